The highest BCUT2D eigenvalue weighted by atomic mass is 35.5. The molecule has 1 saturated heterocycles. The first-order valence-electron chi connectivity index (χ1n) is 6.40. The molecule has 1 heterocycles. The van der Waals surface area contributed by atoms with Crippen molar-refractivity contribution in [2.45, 2.75) is 6.42 Å². The predicted octanol–water partition coefficient (Wildman–Crippen LogP) is 1.93. The molecule has 1 unspecified atom stereocenters. The Morgan fingerprint density at radius 3 is 3.00 bits per heavy atom. The SMILES string of the molecule is CNCC1CCN(C(=O)c2ccc(Cl)cc2[N+](=O)[O-])C1. The molecule has 1 amide bonds. The number of nitrogens with zero attached hydrogens (tertiary/aromatic N) is 2. The number of nitrogens with one attached hydrogen (secondary N) is 1. The molecule has 108 valence electrons. The van der Waals surface area contributed by atoms with Crippen molar-refractivity contribution < 1.29 is 9.72 Å². The van der Waals surface area contributed by atoms with Crippen molar-refractivity contribution in [2.24, 2.45) is 5.92 Å². The van der Waals surface area contributed by atoms with Crippen LogP contribution in [0.5, 0.6) is 0 Å². The molecule has 0 aromatic heterocycles. The van der Waals surface area contributed by atoms with E-state index in [1.54, 1.807) is 4.90 Å². The van der Waals surface area contributed by atoms with Gasteiger partial charge in [-0.25, -0.2) is 0 Å². The lowest BCUT2D eigenvalue weighted by molar-refractivity contribution is -0.385. The van der Waals surface area contributed by atoms with E-state index in [2.05, 4.69) is 5.32 Å². The zero-order valence-corrected chi connectivity index (χ0v) is 11.9. The van der Waals surface area contributed by atoms with E-state index < -0.39 is 4.92 Å². The molecule has 1 fully saturated rings. The number of rotatable bonds is 4. The second kappa shape index (κ2) is 6.19. The maximum Gasteiger partial charge on any atom is 0.283 e. The number of benzene rings is 1. The Labute approximate surface area is 121 Å². The molecule has 2 rings (SSSR count). The Kier molecular flexibility index (Phi) is 4.57. The van der Waals surface area contributed by atoms with Gasteiger partial charge in [-0.3, -0.25) is 14.9 Å². The van der Waals surface area contributed by atoms with Crippen LogP contribution in [-0.2, 0) is 0 Å². The van der Waals surface area contributed by atoms with Crippen LogP contribution in [-0.4, -0.2) is 42.4 Å². The lowest BCUT2D eigenvalue weighted by Gasteiger charge is -2.16. The number of amides is 1. The van der Waals surface area contributed by atoms with Gasteiger partial charge < -0.3 is 10.2 Å². The first-order chi connectivity index (χ1) is 9.52. The molecule has 1 atom stereocenters. The average molecular weight is 298 g/mol. The molecule has 1 aliphatic rings. The topological polar surface area (TPSA) is 75.5 Å². The van der Waals surface area contributed by atoms with Crippen molar-refractivity contribution in [1.29, 1.82) is 0 Å². The fourth-order valence-corrected chi connectivity index (χ4v) is 2.65. The lowest BCUT2D eigenvalue weighted by Crippen LogP contribution is -2.30. The first-order valence-corrected chi connectivity index (χ1v) is 6.78. The molecule has 1 aromatic rings. The van der Waals surface area contributed by atoms with Gasteiger partial charge in [0.1, 0.15) is 5.56 Å². The van der Waals surface area contributed by atoms with E-state index >= 15 is 0 Å². The fourth-order valence-electron chi connectivity index (χ4n) is 2.48. The molecule has 1 N–H and O–H groups in total. The van der Waals surface area contributed by atoms with Crippen LogP contribution in [0.15, 0.2) is 18.2 Å². The van der Waals surface area contributed by atoms with Crippen molar-refractivity contribution in [3.05, 3.63) is 38.9 Å². The molecule has 0 spiro atoms. The van der Waals surface area contributed by atoms with Crippen molar-refractivity contribution >= 4 is 23.2 Å². The van der Waals surface area contributed by atoms with Gasteiger partial charge in [0.25, 0.3) is 11.6 Å². The minimum atomic E-state index is -0.569. The van der Waals surface area contributed by atoms with Crippen LogP contribution in [0.4, 0.5) is 5.69 Å². The summed E-state index contributed by atoms with van der Waals surface area (Å²) in [4.78, 5) is 24.5. The second-order valence-corrected chi connectivity index (χ2v) is 5.32. The Balaban J connectivity index is 2.20. The minimum absolute atomic E-state index is 0.101. The van der Waals surface area contributed by atoms with E-state index in [4.69, 9.17) is 11.6 Å². The fraction of sp³-hybridized carbons (Fsp3) is 0.462. The number of nitro benzene ring substituents is 1. The van der Waals surface area contributed by atoms with Gasteiger partial charge in [-0.1, -0.05) is 11.6 Å². The van der Waals surface area contributed by atoms with E-state index in [-0.39, 0.29) is 22.2 Å². The van der Waals surface area contributed by atoms with Gasteiger partial charge in [0, 0.05) is 24.2 Å². The molecule has 6 nitrogen and oxygen atoms in total. The summed E-state index contributed by atoms with van der Waals surface area (Å²) in [6, 6.07) is 4.15. The van der Waals surface area contributed by atoms with Gasteiger partial charge >= 0.3 is 0 Å². The lowest BCUT2D eigenvalue weighted by atomic mass is 10.1. The molecule has 0 radical (unpaired) electrons. The van der Waals surface area contributed by atoms with E-state index in [9.17, 15) is 14.9 Å². The van der Waals surface area contributed by atoms with Crippen LogP contribution in [0.2, 0.25) is 5.02 Å². The normalized spacial score (nSPS) is 18.3. The highest BCUT2D eigenvalue weighted by Gasteiger charge is 2.30. The molecule has 0 saturated carbocycles. The van der Waals surface area contributed by atoms with Gasteiger partial charge in [-0.15, -0.1) is 0 Å². The van der Waals surface area contributed by atoms with Crippen molar-refractivity contribution in [3.8, 4) is 0 Å². The highest BCUT2D eigenvalue weighted by Crippen LogP contribution is 2.26. The number of carbonyl (C=O) groups excluding carboxylic acids is 1. The van der Waals surface area contributed by atoms with Gasteiger partial charge in [0.05, 0.1) is 4.92 Å². The van der Waals surface area contributed by atoms with Crippen LogP contribution < -0.4 is 5.32 Å². The second-order valence-electron chi connectivity index (χ2n) is 4.88. The molecule has 7 heteroatoms. The Morgan fingerprint density at radius 1 is 1.60 bits per heavy atom. The van der Waals surface area contributed by atoms with Crippen LogP contribution in [0.3, 0.4) is 0 Å². The summed E-state index contributed by atoms with van der Waals surface area (Å²) >= 11 is 5.75. The Hall–Kier alpha value is -1.66. The average Bonchev–Trinajstić information content (AvgIpc) is 2.87. The molecule has 0 bridgehead atoms. The summed E-state index contributed by atoms with van der Waals surface area (Å²) in [6.45, 7) is 2.09. The number of carbonyl (C=O) groups is 1. The predicted molar refractivity (Wildman–Crippen MR) is 76.0 cm³/mol. The molecule has 0 aliphatic carbocycles. The van der Waals surface area contributed by atoms with Crippen molar-refractivity contribution in [2.75, 3.05) is 26.7 Å². The summed E-state index contributed by atoms with van der Waals surface area (Å²) in [5.74, 6) is 0.0993. The molecule has 1 aromatic carbocycles. The smallest absolute Gasteiger partial charge is 0.283 e. The molecular formula is C13H16ClN3O3. The van der Waals surface area contributed by atoms with Crippen LogP contribution >= 0.6 is 11.6 Å². The maximum absolute atomic E-state index is 12.4. The number of nitro groups is 1. The van der Waals surface area contributed by atoms with Crippen LogP contribution in [0.1, 0.15) is 16.8 Å². The number of hydrogen-bond acceptors (Lipinski definition) is 4. The quantitative estimate of drug-likeness (QED) is 0.680. The van der Waals surface area contributed by atoms with E-state index in [1.807, 2.05) is 7.05 Å². The first kappa shape index (κ1) is 14.7. The third-order valence-corrected chi connectivity index (χ3v) is 3.69. The van der Waals surface area contributed by atoms with Gasteiger partial charge in [-0.2, -0.15) is 0 Å². The van der Waals surface area contributed by atoms with Crippen LogP contribution in [0.25, 0.3) is 0 Å². The Morgan fingerprint density at radius 2 is 2.35 bits per heavy atom. The standard InChI is InChI=1S/C13H16ClN3O3/c1-15-7-9-4-5-16(8-9)13(18)11-3-2-10(14)6-12(11)17(19)20/h2-3,6,9,15H,4-5,7-8H2,1H3. The Bertz CT molecular complexity index is 536. The van der Waals surface area contributed by atoms with E-state index in [0.717, 1.165) is 13.0 Å². The molecular weight excluding hydrogens is 282 g/mol. The maximum atomic E-state index is 12.4. The number of hydrogen-bond donors (Lipinski definition) is 1. The zero-order chi connectivity index (χ0) is 14.7. The summed E-state index contributed by atoms with van der Waals surface area (Å²) in [5.41, 5.74) is -0.135. The van der Waals surface area contributed by atoms with Crippen molar-refractivity contribution in [1.82, 2.24) is 10.2 Å². The molecule has 1 aliphatic heterocycles. The number of likely N-dealkylation sites (tertiary alicyclic amines) is 1. The molecule has 20 heavy (non-hydrogen) atoms. The van der Waals surface area contributed by atoms with Gasteiger partial charge in [-0.05, 0) is 38.1 Å². The highest BCUT2D eigenvalue weighted by molar-refractivity contribution is 6.31. The van der Waals surface area contributed by atoms with Gasteiger partial charge in [0.2, 0.25) is 0 Å². The third-order valence-electron chi connectivity index (χ3n) is 3.45. The summed E-state index contributed by atoms with van der Waals surface area (Å²) in [6.07, 6.45) is 0.911. The zero-order valence-electron chi connectivity index (χ0n) is 11.1. The number of halogens is 1. The third kappa shape index (κ3) is 3.08. The largest absolute Gasteiger partial charge is 0.338 e. The van der Waals surface area contributed by atoms with Gasteiger partial charge in [0.15, 0.2) is 0 Å². The van der Waals surface area contributed by atoms with Crippen LogP contribution in [0, 0.1) is 16.0 Å². The monoisotopic (exact) mass is 297 g/mol. The van der Waals surface area contributed by atoms with E-state index in [0.29, 0.717) is 19.0 Å². The van der Waals surface area contributed by atoms with Crippen molar-refractivity contribution in [3.63, 3.8) is 0 Å². The van der Waals surface area contributed by atoms with E-state index in [1.165, 1.54) is 18.2 Å². The summed E-state index contributed by atoms with van der Waals surface area (Å²) in [5, 5.41) is 14.4. The minimum Gasteiger partial charge on any atom is -0.338 e. The summed E-state index contributed by atoms with van der Waals surface area (Å²) < 4.78 is 0. The summed E-state index contributed by atoms with van der Waals surface area (Å²) in [7, 11) is 1.87.